The predicted molar refractivity (Wildman–Crippen MR) is 97.5 cm³/mol. The summed E-state index contributed by atoms with van der Waals surface area (Å²) in [6.45, 7) is 2.14. The van der Waals surface area contributed by atoms with Gasteiger partial charge in [-0.2, -0.15) is 14.7 Å². The molecule has 0 radical (unpaired) electrons. The lowest BCUT2D eigenvalue weighted by Crippen LogP contribution is -2.29. The number of aromatic nitrogens is 5. The Morgan fingerprint density at radius 2 is 2.31 bits per heavy atom. The summed E-state index contributed by atoms with van der Waals surface area (Å²) >= 11 is 0. The number of likely N-dealkylation sites (N-methyl/N-ethyl adjacent to an activating group) is 1. The van der Waals surface area contributed by atoms with Gasteiger partial charge in [-0.25, -0.2) is 4.98 Å². The zero-order chi connectivity index (χ0) is 18.1. The minimum absolute atomic E-state index is 0.103. The third kappa shape index (κ3) is 3.01. The molecule has 1 atom stereocenters. The first-order chi connectivity index (χ1) is 12.7. The number of fused-ring (bicyclic) bond motifs is 1. The number of nitrogens with two attached hydrogens (primary N) is 1. The van der Waals surface area contributed by atoms with Crippen LogP contribution < -0.4 is 16.4 Å². The van der Waals surface area contributed by atoms with Gasteiger partial charge in [-0.1, -0.05) is 0 Å². The lowest BCUT2D eigenvalue weighted by atomic mass is 9.96. The molecule has 1 amide bonds. The standard InChI is InChI=1S/C17H22N8O/c1-19-16(26)10-24-9-12(7-21-24)13-8-22-25-15(18)5-14(23-17(13)25)11-3-2-4-20-6-11/h5,7-9,11,20H,2-4,6,10,18H2,1H3,(H,19,26). The number of hydrogen-bond acceptors (Lipinski definition) is 6. The van der Waals surface area contributed by atoms with Crippen molar-refractivity contribution in [2.45, 2.75) is 25.3 Å². The summed E-state index contributed by atoms with van der Waals surface area (Å²) in [5.74, 6) is 0.823. The van der Waals surface area contributed by atoms with Crippen molar-refractivity contribution in [2.75, 3.05) is 25.9 Å². The molecule has 1 aliphatic rings. The number of nitrogens with zero attached hydrogens (tertiary/aromatic N) is 5. The van der Waals surface area contributed by atoms with Crippen LogP contribution in [0.3, 0.4) is 0 Å². The van der Waals surface area contributed by atoms with E-state index in [-0.39, 0.29) is 12.5 Å². The van der Waals surface area contributed by atoms with E-state index in [4.69, 9.17) is 10.7 Å². The predicted octanol–water partition coefficient (Wildman–Crippen LogP) is 0.388. The molecule has 0 saturated carbocycles. The minimum Gasteiger partial charge on any atom is -0.384 e. The van der Waals surface area contributed by atoms with Crippen molar-refractivity contribution in [2.24, 2.45) is 0 Å². The van der Waals surface area contributed by atoms with Crippen LogP contribution in [-0.2, 0) is 11.3 Å². The average Bonchev–Trinajstić information content (AvgIpc) is 3.29. The molecule has 1 saturated heterocycles. The second-order valence-corrected chi connectivity index (χ2v) is 6.54. The molecule has 3 aromatic heterocycles. The van der Waals surface area contributed by atoms with Gasteiger partial charge < -0.3 is 16.4 Å². The summed E-state index contributed by atoms with van der Waals surface area (Å²) in [5.41, 5.74) is 9.62. The summed E-state index contributed by atoms with van der Waals surface area (Å²) in [5, 5.41) is 14.6. The maximum absolute atomic E-state index is 11.5. The van der Waals surface area contributed by atoms with Crippen LogP contribution >= 0.6 is 0 Å². The third-order valence-electron chi connectivity index (χ3n) is 4.76. The number of nitrogens with one attached hydrogen (secondary N) is 2. The number of amides is 1. The van der Waals surface area contributed by atoms with Gasteiger partial charge in [0, 0.05) is 42.9 Å². The number of carbonyl (C=O) groups excluding carboxylic acids is 1. The molecule has 0 bridgehead atoms. The first-order valence-corrected chi connectivity index (χ1v) is 8.74. The van der Waals surface area contributed by atoms with Gasteiger partial charge in [0.25, 0.3) is 0 Å². The summed E-state index contributed by atoms with van der Waals surface area (Å²) in [6.07, 6.45) is 7.51. The zero-order valence-electron chi connectivity index (χ0n) is 14.6. The van der Waals surface area contributed by atoms with Crippen LogP contribution in [0, 0.1) is 0 Å². The van der Waals surface area contributed by atoms with Crippen LogP contribution in [0.25, 0.3) is 16.8 Å². The number of rotatable bonds is 4. The van der Waals surface area contributed by atoms with Crippen molar-refractivity contribution in [1.82, 2.24) is 35.0 Å². The van der Waals surface area contributed by atoms with Crippen LogP contribution in [0.1, 0.15) is 24.5 Å². The van der Waals surface area contributed by atoms with Crippen LogP contribution in [0.15, 0.2) is 24.7 Å². The number of anilines is 1. The first kappa shape index (κ1) is 16.5. The van der Waals surface area contributed by atoms with Crippen molar-refractivity contribution in [3.05, 3.63) is 30.4 Å². The maximum Gasteiger partial charge on any atom is 0.241 e. The normalized spacial score (nSPS) is 17.5. The molecule has 9 nitrogen and oxygen atoms in total. The number of piperidine rings is 1. The second-order valence-electron chi connectivity index (χ2n) is 6.54. The topological polar surface area (TPSA) is 115 Å². The van der Waals surface area contributed by atoms with Crippen LogP contribution in [-0.4, -0.2) is 50.4 Å². The smallest absolute Gasteiger partial charge is 0.241 e. The maximum atomic E-state index is 11.5. The zero-order valence-corrected chi connectivity index (χ0v) is 14.6. The monoisotopic (exact) mass is 354 g/mol. The molecule has 4 rings (SSSR count). The Bertz CT molecular complexity index is 938. The number of hydrogen-bond donors (Lipinski definition) is 3. The lowest BCUT2D eigenvalue weighted by Gasteiger charge is -2.22. The molecule has 26 heavy (non-hydrogen) atoms. The molecule has 1 unspecified atom stereocenters. The average molecular weight is 354 g/mol. The molecule has 4 N–H and O–H groups in total. The van der Waals surface area contributed by atoms with E-state index >= 15 is 0 Å². The number of carbonyl (C=O) groups is 1. The Balaban J connectivity index is 1.71. The van der Waals surface area contributed by atoms with E-state index in [2.05, 4.69) is 20.8 Å². The highest BCUT2D eigenvalue weighted by Gasteiger charge is 2.20. The molecule has 136 valence electrons. The van der Waals surface area contributed by atoms with Crippen molar-refractivity contribution in [3.63, 3.8) is 0 Å². The van der Waals surface area contributed by atoms with Gasteiger partial charge in [0.15, 0.2) is 5.65 Å². The van der Waals surface area contributed by atoms with Gasteiger partial charge in [-0.05, 0) is 19.4 Å². The molecule has 0 aromatic carbocycles. The van der Waals surface area contributed by atoms with Crippen molar-refractivity contribution in [1.29, 1.82) is 0 Å². The fourth-order valence-corrected chi connectivity index (χ4v) is 3.34. The first-order valence-electron chi connectivity index (χ1n) is 8.74. The third-order valence-corrected chi connectivity index (χ3v) is 4.76. The van der Waals surface area contributed by atoms with E-state index in [9.17, 15) is 4.79 Å². The fourth-order valence-electron chi connectivity index (χ4n) is 3.34. The quantitative estimate of drug-likeness (QED) is 0.624. The summed E-state index contributed by atoms with van der Waals surface area (Å²) < 4.78 is 3.24. The van der Waals surface area contributed by atoms with Gasteiger partial charge in [-0.15, -0.1) is 0 Å². The van der Waals surface area contributed by atoms with Crippen molar-refractivity contribution < 1.29 is 4.79 Å². The van der Waals surface area contributed by atoms with E-state index in [1.807, 2.05) is 12.3 Å². The fraction of sp³-hybridized carbons (Fsp3) is 0.412. The molecule has 0 aliphatic carbocycles. The molecular formula is C17H22N8O. The molecular weight excluding hydrogens is 332 g/mol. The van der Waals surface area contributed by atoms with Crippen LogP contribution in [0.4, 0.5) is 5.82 Å². The van der Waals surface area contributed by atoms with Gasteiger partial charge in [0.05, 0.1) is 18.1 Å². The highest BCUT2D eigenvalue weighted by molar-refractivity contribution is 5.78. The highest BCUT2D eigenvalue weighted by atomic mass is 16.1. The largest absolute Gasteiger partial charge is 0.384 e. The SMILES string of the molecule is CNC(=O)Cn1cc(-c2cnn3c(N)cc(C4CCCNC4)nc23)cn1. The van der Waals surface area contributed by atoms with Gasteiger partial charge in [0.1, 0.15) is 12.4 Å². The molecule has 0 spiro atoms. The van der Waals surface area contributed by atoms with E-state index in [1.165, 1.54) is 0 Å². The Labute approximate surface area is 150 Å². The van der Waals surface area contributed by atoms with Crippen LogP contribution in [0.2, 0.25) is 0 Å². The van der Waals surface area contributed by atoms with Crippen LogP contribution in [0.5, 0.6) is 0 Å². The van der Waals surface area contributed by atoms with Gasteiger partial charge in [-0.3, -0.25) is 9.48 Å². The molecule has 9 heteroatoms. The molecule has 1 aliphatic heterocycles. The van der Waals surface area contributed by atoms with Crippen molar-refractivity contribution in [3.8, 4) is 11.1 Å². The Kier molecular flexibility index (Phi) is 4.29. The van der Waals surface area contributed by atoms with Gasteiger partial charge in [0.2, 0.25) is 5.91 Å². The molecule has 4 heterocycles. The minimum atomic E-state index is -0.103. The molecule has 3 aromatic rings. The Hall–Kier alpha value is -2.94. The highest BCUT2D eigenvalue weighted by Crippen LogP contribution is 2.28. The Morgan fingerprint density at radius 1 is 1.42 bits per heavy atom. The van der Waals surface area contributed by atoms with E-state index in [1.54, 1.807) is 28.6 Å². The summed E-state index contributed by atoms with van der Waals surface area (Å²) in [6, 6.07) is 1.91. The number of nitrogen functional groups attached to an aromatic ring is 1. The van der Waals surface area contributed by atoms with E-state index < -0.39 is 0 Å². The lowest BCUT2D eigenvalue weighted by molar-refractivity contribution is -0.121. The summed E-state index contributed by atoms with van der Waals surface area (Å²) in [7, 11) is 1.60. The second kappa shape index (κ2) is 6.75. The summed E-state index contributed by atoms with van der Waals surface area (Å²) in [4.78, 5) is 16.4. The van der Waals surface area contributed by atoms with Gasteiger partial charge >= 0.3 is 0 Å². The molecule has 1 fully saturated rings. The van der Waals surface area contributed by atoms with E-state index in [0.717, 1.165) is 42.8 Å². The van der Waals surface area contributed by atoms with Crippen molar-refractivity contribution >= 4 is 17.4 Å². The Morgan fingerprint density at radius 3 is 3.08 bits per heavy atom. The van der Waals surface area contributed by atoms with E-state index in [0.29, 0.717) is 17.4 Å².